The van der Waals surface area contributed by atoms with E-state index in [-0.39, 0.29) is 5.91 Å². The highest BCUT2D eigenvalue weighted by atomic mass is 16.5. The molecule has 5 heteroatoms. The van der Waals surface area contributed by atoms with Gasteiger partial charge in [-0.05, 0) is 43.5 Å². The van der Waals surface area contributed by atoms with Gasteiger partial charge < -0.3 is 19.7 Å². The van der Waals surface area contributed by atoms with Gasteiger partial charge in [-0.1, -0.05) is 6.07 Å². The van der Waals surface area contributed by atoms with Gasteiger partial charge in [0.1, 0.15) is 0 Å². The van der Waals surface area contributed by atoms with Crippen LogP contribution >= 0.6 is 0 Å². The van der Waals surface area contributed by atoms with Gasteiger partial charge in [0.25, 0.3) is 0 Å². The van der Waals surface area contributed by atoms with Crippen molar-refractivity contribution in [1.82, 2.24) is 10.2 Å². The quantitative estimate of drug-likeness (QED) is 0.773. The molecule has 0 radical (unpaired) electrons. The van der Waals surface area contributed by atoms with E-state index in [1.165, 1.54) is 0 Å². The van der Waals surface area contributed by atoms with E-state index in [0.717, 1.165) is 56.0 Å². The summed E-state index contributed by atoms with van der Waals surface area (Å²) in [7, 11) is 3.26. The second-order valence-electron chi connectivity index (χ2n) is 5.20. The Hall–Kier alpha value is -1.75. The van der Waals surface area contributed by atoms with Crippen LogP contribution < -0.4 is 14.8 Å². The van der Waals surface area contributed by atoms with Crippen LogP contribution in [-0.2, 0) is 11.2 Å². The van der Waals surface area contributed by atoms with Crippen molar-refractivity contribution in [2.24, 2.45) is 0 Å². The molecule has 1 amide bonds. The summed E-state index contributed by atoms with van der Waals surface area (Å²) in [5.41, 5.74) is 1.16. The molecule has 2 rings (SSSR count). The SMILES string of the molecule is COc1ccc(CCNCC(=O)N2CCCC2)cc1OC. The highest BCUT2D eigenvalue weighted by Crippen LogP contribution is 2.27. The topological polar surface area (TPSA) is 50.8 Å². The largest absolute Gasteiger partial charge is 0.493 e. The molecule has 0 saturated carbocycles. The normalized spacial score (nSPS) is 14.3. The first-order chi connectivity index (χ1) is 10.2. The van der Waals surface area contributed by atoms with Gasteiger partial charge in [-0.2, -0.15) is 0 Å². The van der Waals surface area contributed by atoms with Gasteiger partial charge in [-0.15, -0.1) is 0 Å². The van der Waals surface area contributed by atoms with E-state index in [0.29, 0.717) is 6.54 Å². The van der Waals surface area contributed by atoms with Crippen LogP contribution in [0.1, 0.15) is 18.4 Å². The first-order valence-corrected chi connectivity index (χ1v) is 7.44. The van der Waals surface area contributed by atoms with E-state index in [1.807, 2.05) is 23.1 Å². The third kappa shape index (κ3) is 4.36. The lowest BCUT2D eigenvalue weighted by Gasteiger charge is -2.15. The minimum Gasteiger partial charge on any atom is -0.493 e. The number of carbonyl (C=O) groups is 1. The summed E-state index contributed by atoms with van der Waals surface area (Å²) in [6.45, 7) is 3.02. The van der Waals surface area contributed by atoms with Gasteiger partial charge in [0.15, 0.2) is 11.5 Å². The molecule has 1 aliphatic heterocycles. The van der Waals surface area contributed by atoms with Crippen LogP contribution in [0, 0.1) is 0 Å². The molecule has 0 atom stereocenters. The predicted octanol–water partition coefficient (Wildman–Crippen LogP) is 1.46. The lowest BCUT2D eigenvalue weighted by molar-refractivity contribution is -0.129. The first kappa shape index (κ1) is 15.6. The van der Waals surface area contributed by atoms with Crippen LogP contribution in [0.25, 0.3) is 0 Å². The van der Waals surface area contributed by atoms with E-state index >= 15 is 0 Å². The van der Waals surface area contributed by atoms with Crippen LogP contribution in [-0.4, -0.2) is 51.2 Å². The monoisotopic (exact) mass is 292 g/mol. The fourth-order valence-corrected chi connectivity index (χ4v) is 2.54. The van der Waals surface area contributed by atoms with Crippen molar-refractivity contribution in [2.75, 3.05) is 40.4 Å². The highest BCUT2D eigenvalue weighted by molar-refractivity contribution is 5.78. The smallest absolute Gasteiger partial charge is 0.236 e. The van der Waals surface area contributed by atoms with Crippen molar-refractivity contribution in [3.8, 4) is 11.5 Å². The van der Waals surface area contributed by atoms with Crippen molar-refractivity contribution < 1.29 is 14.3 Å². The van der Waals surface area contributed by atoms with Crippen LogP contribution in [0.3, 0.4) is 0 Å². The molecule has 5 nitrogen and oxygen atoms in total. The van der Waals surface area contributed by atoms with E-state index in [2.05, 4.69) is 5.32 Å². The Kier molecular flexibility index (Phi) is 5.87. The molecule has 116 valence electrons. The van der Waals surface area contributed by atoms with Crippen molar-refractivity contribution >= 4 is 5.91 Å². The molecule has 1 heterocycles. The Morgan fingerprint density at radius 2 is 1.90 bits per heavy atom. The van der Waals surface area contributed by atoms with E-state index in [1.54, 1.807) is 14.2 Å². The zero-order valence-electron chi connectivity index (χ0n) is 12.9. The number of carbonyl (C=O) groups excluding carboxylic acids is 1. The van der Waals surface area contributed by atoms with E-state index < -0.39 is 0 Å². The average Bonchev–Trinajstić information content (AvgIpc) is 3.05. The van der Waals surface area contributed by atoms with Crippen molar-refractivity contribution in [2.45, 2.75) is 19.3 Å². The van der Waals surface area contributed by atoms with Gasteiger partial charge in [-0.25, -0.2) is 0 Å². The standard InChI is InChI=1S/C16H24N2O3/c1-20-14-6-5-13(11-15(14)21-2)7-8-17-12-16(19)18-9-3-4-10-18/h5-6,11,17H,3-4,7-10,12H2,1-2H3. The predicted molar refractivity (Wildman–Crippen MR) is 81.9 cm³/mol. The maximum atomic E-state index is 11.9. The summed E-state index contributed by atoms with van der Waals surface area (Å²) in [5, 5.41) is 3.21. The minimum absolute atomic E-state index is 0.208. The number of amides is 1. The van der Waals surface area contributed by atoms with Crippen molar-refractivity contribution in [3.63, 3.8) is 0 Å². The third-order valence-electron chi connectivity index (χ3n) is 3.77. The van der Waals surface area contributed by atoms with Crippen LogP contribution in [0.4, 0.5) is 0 Å². The fourth-order valence-electron chi connectivity index (χ4n) is 2.54. The number of likely N-dealkylation sites (tertiary alicyclic amines) is 1. The number of benzene rings is 1. The Morgan fingerprint density at radius 3 is 2.57 bits per heavy atom. The number of ether oxygens (including phenoxy) is 2. The van der Waals surface area contributed by atoms with Crippen molar-refractivity contribution in [3.05, 3.63) is 23.8 Å². The number of hydrogen-bond acceptors (Lipinski definition) is 4. The Bertz CT molecular complexity index is 471. The summed E-state index contributed by atoms with van der Waals surface area (Å²) in [6, 6.07) is 5.90. The molecule has 1 aliphatic rings. The molecule has 0 bridgehead atoms. The van der Waals surface area contributed by atoms with E-state index in [9.17, 15) is 4.79 Å². The molecule has 1 aromatic carbocycles. The second kappa shape index (κ2) is 7.88. The molecule has 0 aromatic heterocycles. The van der Waals surface area contributed by atoms with Gasteiger partial charge in [0.05, 0.1) is 20.8 Å². The molecule has 0 unspecified atom stereocenters. The van der Waals surface area contributed by atoms with Gasteiger partial charge in [-0.3, -0.25) is 4.79 Å². The molecule has 0 aliphatic carbocycles. The Morgan fingerprint density at radius 1 is 1.19 bits per heavy atom. The third-order valence-corrected chi connectivity index (χ3v) is 3.77. The number of hydrogen-bond donors (Lipinski definition) is 1. The van der Waals surface area contributed by atoms with Gasteiger partial charge in [0, 0.05) is 13.1 Å². The molecular weight excluding hydrogens is 268 g/mol. The average molecular weight is 292 g/mol. The number of nitrogens with one attached hydrogen (secondary N) is 1. The van der Waals surface area contributed by atoms with E-state index in [4.69, 9.17) is 9.47 Å². The Balaban J connectivity index is 1.74. The second-order valence-corrected chi connectivity index (χ2v) is 5.20. The summed E-state index contributed by atoms with van der Waals surface area (Å²) in [5.74, 6) is 1.68. The van der Waals surface area contributed by atoms with Crippen LogP contribution in [0.5, 0.6) is 11.5 Å². The molecular formula is C16H24N2O3. The molecule has 1 saturated heterocycles. The highest BCUT2D eigenvalue weighted by Gasteiger charge is 2.16. The summed E-state index contributed by atoms with van der Waals surface area (Å²) >= 11 is 0. The molecule has 1 N–H and O–H groups in total. The lowest BCUT2D eigenvalue weighted by atomic mass is 10.1. The minimum atomic E-state index is 0.208. The van der Waals surface area contributed by atoms with Crippen molar-refractivity contribution in [1.29, 1.82) is 0 Å². The van der Waals surface area contributed by atoms with Gasteiger partial charge >= 0.3 is 0 Å². The Labute approximate surface area is 126 Å². The van der Waals surface area contributed by atoms with Crippen LogP contribution in [0.15, 0.2) is 18.2 Å². The zero-order valence-corrected chi connectivity index (χ0v) is 12.9. The maximum absolute atomic E-state index is 11.9. The molecule has 1 aromatic rings. The molecule has 0 spiro atoms. The summed E-state index contributed by atoms with van der Waals surface area (Å²) in [4.78, 5) is 13.8. The summed E-state index contributed by atoms with van der Waals surface area (Å²) < 4.78 is 10.5. The van der Waals surface area contributed by atoms with Crippen LogP contribution in [0.2, 0.25) is 0 Å². The fraction of sp³-hybridized carbons (Fsp3) is 0.562. The zero-order chi connectivity index (χ0) is 15.1. The first-order valence-electron chi connectivity index (χ1n) is 7.44. The van der Waals surface area contributed by atoms with Gasteiger partial charge in [0.2, 0.25) is 5.91 Å². The lowest BCUT2D eigenvalue weighted by Crippen LogP contribution is -2.36. The number of rotatable bonds is 7. The number of methoxy groups -OCH3 is 2. The maximum Gasteiger partial charge on any atom is 0.236 e. The molecule has 21 heavy (non-hydrogen) atoms. The molecule has 1 fully saturated rings. The summed E-state index contributed by atoms with van der Waals surface area (Å²) in [6.07, 6.45) is 3.13. The number of nitrogens with zero attached hydrogens (tertiary/aromatic N) is 1.